The normalized spacial score (nSPS) is 21.5. The Morgan fingerprint density at radius 2 is 1.79 bits per heavy atom. The van der Waals surface area contributed by atoms with E-state index in [1.54, 1.807) is 0 Å². The number of halogens is 3. The molecule has 0 radical (unpaired) electrons. The Bertz CT molecular complexity index is 1050. The first kappa shape index (κ1) is 22.6. The van der Waals surface area contributed by atoms with Gasteiger partial charge < -0.3 is 15.4 Å². The quantitative estimate of drug-likeness (QED) is 0.617. The third-order valence-electron chi connectivity index (χ3n) is 5.81. The Morgan fingerprint density at radius 3 is 2.36 bits per heavy atom. The Hall–Kier alpha value is -3.56. The molecule has 0 spiro atoms. The molecule has 33 heavy (non-hydrogen) atoms. The monoisotopic (exact) mass is 461 g/mol. The third kappa shape index (κ3) is 4.94. The first-order valence-electron chi connectivity index (χ1n) is 10.4. The van der Waals surface area contributed by atoms with Crippen LogP contribution in [0.2, 0.25) is 0 Å². The smallest absolute Gasteiger partial charge is 0.406 e. The van der Waals surface area contributed by atoms with Crippen LogP contribution in [0.15, 0.2) is 54.6 Å². The number of imide groups is 1. The van der Waals surface area contributed by atoms with Gasteiger partial charge in [0.05, 0.1) is 6.04 Å². The van der Waals surface area contributed by atoms with Crippen LogP contribution in [0.4, 0.5) is 18.0 Å². The summed E-state index contributed by atoms with van der Waals surface area (Å²) in [5.74, 6) is -1.29. The van der Waals surface area contributed by atoms with Crippen LogP contribution >= 0.6 is 0 Å². The fourth-order valence-electron chi connectivity index (χ4n) is 3.95. The molecule has 2 aromatic rings. The van der Waals surface area contributed by atoms with Crippen LogP contribution in [0.25, 0.3) is 0 Å². The Labute approximate surface area is 187 Å². The molecule has 2 unspecified atom stereocenters. The van der Waals surface area contributed by atoms with E-state index in [2.05, 4.69) is 15.4 Å². The average Bonchev–Trinajstić information content (AvgIpc) is 3.57. The van der Waals surface area contributed by atoms with Crippen molar-refractivity contribution in [1.29, 1.82) is 0 Å². The molecule has 2 aromatic carbocycles. The van der Waals surface area contributed by atoms with Gasteiger partial charge in [-0.2, -0.15) is 0 Å². The second kappa shape index (κ2) is 8.42. The highest BCUT2D eigenvalue weighted by atomic mass is 19.4. The van der Waals surface area contributed by atoms with E-state index >= 15 is 0 Å². The minimum atomic E-state index is -4.84. The average molecular weight is 461 g/mol. The zero-order valence-corrected chi connectivity index (χ0v) is 17.7. The van der Waals surface area contributed by atoms with E-state index in [-0.39, 0.29) is 11.6 Å². The standard InChI is InChI=1S/C23H22F3N3O4/c1-22(16-9-11-17(12-10-16)33-23(24,25)26)20(31)29(21(32)28-22)13-18(30)27-19(15-7-8-15)14-5-3-2-4-6-14/h2-6,9-12,15,19H,7-8,13H2,1H3,(H,27,30)(H,28,32). The second-order valence-corrected chi connectivity index (χ2v) is 8.31. The van der Waals surface area contributed by atoms with Gasteiger partial charge >= 0.3 is 12.4 Å². The lowest BCUT2D eigenvalue weighted by atomic mass is 9.92. The highest BCUT2D eigenvalue weighted by molar-refractivity contribution is 6.09. The maximum atomic E-state index is 13.0. The number of carbonyl (C=O) groups excluding carboxylic acids is 3. The highest BCUT2D eigenvalue weighted by Gasteiger charge is 2.49. The van der Waals surface area contributed by atoms with Gasteiger partial charge in [0.1, 0.15) is 17.8 Å². The minimum absolute atomic E-state index is 0.202. The maximum absolute atomic E-state index is 13.0. The van der Waals surface area contributed by atoms with E-state index in [9.17, 15) is 27.6 Å². The van der Waals surface area contributed by atoms with Crippen molar-refractivity contribution in [2.45, 2.75) is 37.7 Å². The largest absolute Gasteiger partial charge is 0.573 e. The lowest BCUT2D eigenvalue weighted by molar-refractivity contribution is -0.274. The molecular formula is C23H22F3N3O4. The van der Waals surface area contributed by atoms with Gasteiger partial charge in [-0.25, -0.2) is 4.79 Å². The zero-order chi connectivity index (χ0) is 23.8. The van der Waals surface area contributed by atoms with E-state index < -0.39 is 42.0 Å². The van der Waals surface area contributed by atoms with Gasteiger partial charge in [-0.1, -0.05) is 42.5 Å². The van der Waals surface area contributed by atoms with Crippen molar-refractivity contribution in [1.82, 2.24) is 15.5 Å². The fourth-order valence-corrected chi connectivity index (χ4v) is 3.95. The molecule has 2 atom stereocenters. The van der Waals surface area contributed by atoms with Crippen LogP contribution in [-0.4, -0.2) is 35.7 Å². The number of benzene rings is 2. The topological polar surface area (TPSA) is 87.7 Å². The first-order valence-corrected chi connectivity index (χ1v) is 10.4. The van der Waals surface area contributed by atoms with Crippen LogP contribution < -0.4 is 15.4 Å². The van der Waals surface area contributed by atoms with Gasteiger partial charge in [0.2, 0.25) is 5.91 Å². The van der Waals surface area contributed by atoms with Crippen LogP contribution in [0.5, 0.6) is 5.75 Å². The molecule has 1 aliphatic carbocycles. The van der Waals surface area contributed by atoms with E-state index in [1.807, 2.05) is 30.3 Å². The fraction of sp³-hybridized carbons (Fsp3) is 0.348. The van der Waals surface area contributed by atoms with Crippen molar-refractivity contribution in [2.24, 2.45) is 5.92 Å². The first-order chi connectivity index (χ1) is 15.6. The van der Waals surface area contributed by atoms with E-state index in [4.69, 9.17) is 0 Å². The zero-order valence-electron chi connectivity index (χ0n) is 17.7. The van der Waals surface area contributed by atoms with Gasteiger partial charge in [-0.3, -0.25) is 14.5 Å². The highest BCUT2D eigenvalue weighted by Crippen LogP contribution is 2.41. The SMILES string of the molecule is CC1(c2ccc(OC(F)(F)F)cc2)NC(=O)N(CC(=O)NC(c2ccccc2)C2CC2)C1=O. The number of nitrogens with zero attached hydrogens (tertiary/aromatic N) is 1. The molecule has 1 saturated carbocycles. The predicted octanol–water partition coefficient (Wildman–Crippen LogP) is 3.62. The molecule has 174 valence electrons. The summed E-state index contributed by atoms with van der Waals surface area (Å²) < 4.78 is 41.0. The molecule has 10 heteroatoms. The molecule has 1 saturated heterocycles. The van der Waals surface area contributed by atoms with Crippen LogP contribution in [0.3, 0.4) is 0 Å². The van der Waals surface area contributed by atoms with E-state index in [1.165, 1.54) is 19.1 Å². The number of alkyl halides is 3. The van der Waals surface area contributed by atoms with Crippen molar-refractivity contribution < 1.29 is 32.3 Å². The molecular weight excluding hydrogens is 439 g/mol. The Balaban J connectivity index is 1.45. The van der Waals surface area contributed by atoms with Crippen LogP contribution in [-0.2, 0) is 15.1 Å². The van der Waals surface area contributed by atoms with Gasteiger partial charge in [-0.15, -0.1) is 13.2 Å². The number of hydrogen-bond donors (Lipinski definition) is 2. The van der Waals surface area contributed by atoms with E-state index in [0.29, 0.717) is 5.92 Å². The van der Waals surface area contributed by atoms with Gasteiger partial charge in [0.25, 0.3) is 5.91 Å². The molecule has 4 amide bonds. The minimum Gasteiger partial charge on any atom is -0.406 e. The molecule has 0 bridgehead atoms. The number of nitrogens with one attached hydrogen (secondary N) is 2. The number of amides is 4. The van der Waals surface area contributed by atoms with Crippen LogP contribution in [0, 0.1) is 5.92 Å². The predicted molar refractivity (Wildman–Crippen MR) is 111 cm³/mol. The summed E-state index contributed by atoms with van der Waals surface area (Å²) in [6.07, 6.45) is -2.88. The van der Waals surface area contributed by atoms with E-state index in [0.717, 1.165) is 35.4 Å². The summed E-state index contributed by atoms with van der Waals surface area (Å²) in [5.41, 5.74) is -0.307. The van der Waals surface area contributed by atoms with Crippen molar-refractivity contribution >= 4 is 17.8 Å². The molecule has 1 heterocycles. The molecule has 2 fully saturated rings. The number of ether oxygens (including phenoxy) is 1. The lowest BCUT2D eigenvalue weighted by Crippen LogP contribution is -2.44. The molecule has 1 aliphatic heterocycles. The van der Waals surface area contributed by atoms with Crippen molar-refractivity contribution in [3.8, 4) is 5.75 Å². The van der Waals surface area contributed by atoms with Crippen molar-refractivity contribution in [3.63, 3.8) is 0 Å². The van der Waals surface area contributed by atoms with Crippen molar-refractivity contribution in [2.75, 3.05) is 6.54 Å². The molecule has 0 aromatic heterocycles. The summed E-state index contributed by atoms with van der Waals surface area (Å²) in [6.45, 7) is 0.966. The summed E-state index contributed by atoms with van der Waals surface area (Å²) in [6, 6.07) is 13.2. The number of hydrogen-bond acceptors (Lipinski definition) is 4. The van der Waals surface area contributed by atoms with Crippen molar-refractivity contribution in [3.05, 3.63) is 65.7 Å². The summed E-state index contributed by atoms with van der Waals surface area (Å²) in [7, 11) is 0. The summed E-state index contributed by atoms with van der Waals surface area (Å²) >= 11 is 0. The maximum Gasteiger partial charge on any atom is 0.573 e. The number of rotatable bonds is 7. The van der Waals surface area contributed by atoms with Gasteiger partial charge in [0, 0.05) is 0 Å². The summed E-state index contributed by atoms with van der Waals surface area (Å²) in [4.78, 5) is 39.1. The second-order valence-electron chi connectivity index (χ2n) is 8.31. The lowest BCUT2D eigenvalue weighted by Gasteiger charge is -2.23. The Morgan fingerprint density at radius 1 is 1.15 bits per heavy atom. The molecule has 2 aliphatic rings. The Kier molecular flexibility index (Phi) is 5.77. The van der Waals surface area contributed by atoms with Gasteiger partial charge in [-0.05, 0) is 48.9 Å². The number of urea groups is 1. The molecule has 2 N–H and O–H groups in total. The number of carbonyl (C=O) groups is 3. The summed E-state index contributed by atoms with van der Waals surface area (Å²) in [5, 5.41) is 5.46. The third-order valence-corrected chi connectivity index (χ3v) is 5.81. The van der Waals surface area contributed by atoms with Crippen LogP contribution in [0.1, 0.15) is 36.9 Å². The molecule has 4 rings (SSSR count). The molecule has 7 nitrogen and oxygen atoms in total. The van der Waals surface area contributed by atoms with Gasteiger partial charge in [0.15, 0.2) is 0 Å².